The van der Waals surface area contributed by atoms with E-state index in [0.29, 0.717) is 49.3 Å². The van der Waals surface area contributed by atoms with Crippen LogP contribution in [0.25, 0.3) is 44.3 Å². The molecule has 0 fully saturated rings. The van der Waals surface area contributed by atoms with Crippen LogP contribution in [0.15, 0.2) is 87.8 Å². The van der Waals surface area contributed by atoms with Gasteiger partial charge < -0.3 is 10.4 Å². The van der Waals surface area contributed by atoms with E-state index in [1.165, 1.54) is 22.4 Å². The summed E-state index contributed by atoms with van der Waals surface area (Å²) in [5.41, 5.74) is 2.27. The zero-order valence-electron chi connectivity index (χ0n) is 28.1. The number of nitrogens with one attached hydrogen (secondary N) is 1. The third-order valence-corrected chi connectivity index (χ3v) is 9.59. The fraction of sp³-hybridized carbons (Fsp3) is 0.257. The topological polar surface area (TPSA) is 162 Å². The molecule has 6 rings (SSSR count). The van der Waals surface area contributed by atoms with Gasteiger partial charge >= 0.3 is 0 Å². The van der Waals surface area contributed by atoms with Crippen LogP contribution in [-0.2, 0) is 23.9 Å². The summed E-state index contributed by atoms with van der Waals surface area (Å²) in [6, 6.07) is 17.4. The number of aliphatic hydroxyl groups is 1. The van der Waals surface area contributed by atoms with Crippen LogP contribution in [0.4, 0.5) is 5.95 Å². The maximum atomic E-state index is 12.9. The minimum atomic E-state index is -3.55. The minimum Gasteiger partial charge on any atom is -0.394 e. The van der Waals surface area contributed by atoms with E-state index in [1.54, 1.807) is 55.7 Å². The average molecular weight is 737 g/mol. The lowest BCUT2D eigenvalue weighted by atomic mass is 9.87. The number of aromatic nitrogens is 6. The van der Waals surface area contributed by atoms with Crippen molar-refractivity contribution in [1.29, 1.82) is 0 Å². The molecular weight excluding hydrogens is 701 g/mol. The molecule has 0 saturated heterocycles. The summed E-state index contributed by atoms with van der Waals surface area (Å²) >= 11 is 12.4. The smallest absolute Gasteiger partial charge is 0.259 e. The molecule has 4 aromatic heterocycles. The SMILES string of the molecule is Cn1c(=O)c(-c2ccccc2Cl)cc2cnc(NC(CO)C(C)(C)C)nc21.Cn1c(=O)c(-c2ccccc2Cl)cc2cnc(S(C)(=O)=O)nc21. The number of aliphatic hydroxyl groups excluding tert-OH is 1. The quantitative estimate of drug-likeness (QED) is 0.208. The number of nitrogens with zero attached hydrogens (tertiary/aromatic N) is 6. The molecule has 2 aromatic carbocycles. The number of rotatable bonds is 6. The maximum absolute atomic E-state index is 12.9. The molecule has 260 valence electrons. The lowest BCUT2D eigenvalue weighted by Gasteiger charge is -2.29. The first kappa shape index (κ1) is 36.6. The van der Waals surface area contributed by atoms with Crippen molar-refractivity contribution in [3.8, 4) is 22.3 Å². The predicted molar refractivity (Wildman–Crippen MR) is 198 cm³/mol. The van der Waals surface area contributed by atoms with Crippen molar-refractivity contribution >= 4 is 61.1 Å². The molecular formula is C35H35Cl2N7O5S. The molecule has 0 amide bonds. The molecule has 1 unspecified atom stereocenters. The average Bonchev–Trinajstić information content (AvgIpc) is 3.07. The van der Waals surface area contributed by atoms with E-state index >= 15 is 0 Å². The Balaban J connectivity index is 0.000000197. The summed E-state index contributed by atoms with van der Waals surface area (Å²) in [5, 5.41) is 14.7. The van der Waals surface area contributed by atoms with Gasteiger partial charge in [0.25, 0.3) is 11.1 Å². The molecule has 0 radical (unpaired) electrons. The van der Waals surface area contributed by atoms with Crippen molar-refractivity contribution in [1.82, 2.24) is 29.1 Å². The number of benzene rings is 2. The maximum Gasteiger partial charge on any atom is 0.259 e. The summed E-state index contributed by atoms with van der Waals surface area (Å²) in [6.07, 6.45) is 4.07. The van der Waals surface area contributed by atoms with Gasteiger partial charge in [-0.3, -0.25) is 18.7 Å². The standard InChI is InChI=1S/C20H23ClN4O2.C15H12ClN3O3S/c1-20(2,3)16(11-26)23-19-22-10-12-9-14(13-7-5-6-8-15(13)21)18(27)25(4)17(12)24-19;1-19-13-9(8-17-15(18-13)23(2,21)22)7-11(14(19)20)10-5-3-4-6-12(10)16/h5-10,16,26H,11H2,1-4H3,(H,22,23,24);3-8H,1-2H3. The number of hydrogen-bond donors (Lipinski definition) is 2. The molecule has 50 heavy (non-hydrogen) atoms. The molecule has 0 spiro atoms. The van der Waals surface area contributed by atoms with Crippen molar-refractivity contribution in [2.24, 2.45) is 19.5 Å². The first-order valence-corrected chi connectivity index (χ1v) is 18.0. The highest BCUT2D eigenvalue weighted by Crippen LogP contribution is 2.29. The Bertz CT molecular complexity index is 2480. The highest BCUT2D eigenvalue weighted by atomic mass is 35.5. The second kappa shape index (κ2) is 14.3. The second-order valence-corrected chi connectivity index (χ2v) is 15.4. The van der Waals surface area contributed by atoms with Gasteiger partial charge in [0, 0.05) is 75.8 Å². The number of fused-ring (bicyclic) bond motifs is 2. The molecule has 0 aliphatic rings. The van der Waals surface area contributed by atoms with E-state index in [2.05, 4.69) is 25.3 Å². The van der Waals surface area contributed by atoms with Crippen molar-refractivity contribution in [3.05, 3.63) is 104 Å². The molecule has 0 bridgehead atoms. The normalized spacial score (nSPS) is 12.4. The summed E-state index contributed by atoms with van der Waals surface area (Å²) in [4.78, 5) is 42.2. The lowest BCUT2D eigenvalue weighted by molar-refractivity contribution is 0.201. The van der Waals surface area contributed by atoms with Gasteiger partial charge in [-0.1, -0.05) is 80.4 Å². The molecule has 15 heteroatoms. The summed E-state index contributed by atoms with van der Waals surface area (Å²) in [5.74, 6) is 0.372. The highest BCUT2D eigenvalue weighted by Gasteiger charge is 2.25. The van der Waals surface area contributed by atoms with Crippen molar-refractivity contribution in [3.63, 3.8) is 0 Å². The second-order valence-electron chi connectivity index (χ2n) is 12.7. The van der Waals surface area contributed by atoms with Gasteiger partial charge in [-0.25, -0.2) is 18.4 Å². The van der Waals surface area contributed by atoms with Crippen LogP contribution in [0, 0.1) is 5.41 Å². The number of anilines is 1. The van der Waals surface area contributed by atoms with E-state index in [-0.39, 0.29) is 40.0 Å². The number of halogens is 2. The van der Waals surface area contributed by atoms with Crippen LogP contribution >= 0.6 is 23.2 Å². The molecule has 0 saturated carbocycles. The van der Waals surface area contributed by atoms with Crippen LogP contribution in [-0.4, -0.2) is 61.5 Å². The van der Waals surface area contributed by atoms with E-state index in [4.69, 9.17) is 23.2 Å². The number of aryl methyl sites for hydroxylation is 2. The fourth-order valence-electron chi connectivity index (χ4n) is 5.16. The number of pyridine rings is 2. The van der Waals surface area contributed by atoms with Crippen LogP contribution in [0.2, 0.25) is 10.0 Å². The summed E-state index contributed by atoms with van der Waals surface area (Å²) in [7, 11) is -0.344. The van der Waals surface area contributed by atoms with E-state index < -0.39 is 9.84 Å². The zero-order valence-corrected chi connectivity index (χ0v) is 30.5. The molecule has 1 atom stereocenters. The first-order valence-electron chi connectivity index (χ1n) is 15.3. The summed E-state index contributed by atoms with van der Waals surface area (Å²) < 4.78 is 25.9. The molecule has 0 aliphatic carbocycles. The first-order chi connectivity index (χ1) is 23.5. The Kier molecular flexibility index (Phi) is 10.4. The minimum absolute atomic E-state index is 0.0464. The molecule has 12 nitrogen and oxygen atoms in total. The Morgan fingerprint density at radius 2 is 1.24 bits per heavy atom. The van der Waals surface area contributed by atoms with Crippen LogP contribution in [0.5, 0.6) is 0 Å². The Morgan fingerprint density at radius 1 is 0.780 bits per heavy atom. The third kappa shape index (κ3) is 7.55. The van der Waals surface area contributed by atoms with E-state index in [9.17, 15) is 23.1 Å². The molecule has 0 aliphatic heterocycles. The van der Waals surface area contributed by atoms with Gasteiger partial charge in [-0.2, -0.15) is 9.97 Å². The van der Waals surface area contributed by atoms with Gasteiger partial charge in [0.15, 0.2) is 0 Å². The highest BCUT2D eigenvalue weighted by molar-refractivity contribution is 7.90. The molecule has 2 N–H and O–H groups in total. The van der Waals surface area contributed by atoms with Gasteiger partial charge in [0.1, 0.15) is 11.3 Å². The third-order valence-electron chi connectivity index (χ3n) is 8.07. The van der Waals surface area contributed by atoms with Gasteiger partial charge in [-0.15, -0.1) is 0 Å². The van der Waals surface area contributed by atoms with Gasteiger partial charge in [0.2, 0.25) is 20.9 Å². The van der Waals surface area contributed by atoms with Crippen molar-refractivity contribution in [2.75, 3.05) is 18.2 Å². The van der Waals surface area contributed by atoms with E-state index in [0.717, 1.165) is 11.6 Å². The van der Waals surface area contributed by atoms with Crippen LogP contribution in [0.1, 0.15) is 20.8 Å². The fourth-order valence-corrected chi connectivity index (χ4v) is 6.13. The van der Waals surface area contributed by atoms with Gasteiger partial charge in [-0.05, 0) is 29.7 Å². The zero-order chi connectivity index (χ0) is 36.5. The van der Waals surface area contributed by atoms with Crippen molar-refractivity contribution in [2.45, 2.75) is 32.0 Å². The predicted octanol–water partition coefficient (Wildman–Crippen LogP) is 5.52. The van der Waals surface area contributed by atoms with Crippen LogP contribution < -0.4 is 16.4 Å². The Morgan fingerprint density at radius 3 is 1.68 bits per heavy atom. The lowest BCUT2D eigenvalue weighted by Crippen LogP contribution is -2.37. The van der Waals surface area contributed by atoms with Crippen LogP contribution in [0.3, 0.4) is 0 Å². The van der Waals surface area contributed by atoms with Gasteiger partial charge in [0.05, 0.1) is 12.6 Å². The number of hydrogen-bond acceptors (Lipinski definition) is 10. The monoisotopic (exact) mass is 735 g/mol. The van der Waals surface area contributed by atoms with Crippen molar-refractivity contribution < 1.29 is 13.5 Å². The molecule has 4 heterocycles. The molecule has 6 aromatic rings. The Labute approximate surface area is 298 Å². The summed E-state index contributed by atoms with van der Waals surface area (Å²) in [6.45, 7) is 6.02. The van der Waals surface area contributed by atoms with E-state index in [1.807, 2.05) is 39.0 Å². The largest absolute Gasteiger partial charge is 0.394 e. The number of sulfone groups is 1. The Hall–Kier alpha value is -4.69.